The molecule has 3 heterocycles. The Kier molecular flexibility index (Phi) is 7.61. The van der Waals surface area contributed by atoms with Crippen LogP contribution in [0, 0.1) is 0 Å². The maximum absolute atomic E-state index is 13.0. The first kappa shape index (κ1) is 23.3. The summed E-state index contributed by atoms with van der Waals surface area (Å²) >= 11 is 0. The highest BCUT2D eigenvalue weighted by Gasteiger charge is 2.33. The van der Waals surface area contributed by atoms with Crippen LogP contribution in [0.2, 0.25) is 0 Å². The Balaban J connectivity index is 1.44. The lowest BCUT2D eigenvalue weighted by atomic mass is 9.98. The second-order valence-electron chi connectivity index (χ2n) is 8.53. The highest BCUT2D eigenvalue weighted by Crippen LogP contribution is 2.27. The monoisotopic (exact) mass is 455 g/mol. The Morgan fingerprint density at radius 3 is 2.64 bits per heavy atom. The van der Waals surface area contributed by atoms with E-state index < -0.39 is 0 Å². The van der Waals surface area contributed by atoms with Crippen molar-refractivity contribution in [3.63, 3.8) is 0 Å². The maximum atomic E-state index is 13.0. The summed E-state index contributed by atoms with van der Waals surface area (Å²) in [6.45, 7) is 5.90. The van der Waals surface area contributed by atoms with E-state index in [0.717, 1.165) is 42.6 Å². The average Bonchev–Trinajstić information content (AvgIpc) is 3.21. The minimum Gasteiger partial charge on any atom is -0.450 e. The van der Waals surface area contributed by atoms with Gasteiger partial charge in [-0.2, -0.15) is 5.10 Å². The van der Waals surface area contributed by atoms with E-state index in [2.05, 4.69) is 15.3 Å². The summed E-state index contributed by atoms with van der Waals surface area (Å²) in [7, 11) is 0. The topological polar surface area (TPSA) is 99.9 Å². The number of amides is 2. The molecule has 9 heteroatoms. The molecule has 1 aromatic heterocycles. The zero-order valence-electron chi connectivity index (χ0n) is 19.2. The Bertz CT molecular complexity index is 953. The number of aromatic nitrogens is 2. The van der Waals surface area contributed by atoms with Gasteiger partial charge in [-0.05, 0) is 25.3 Å². The molecule has 2 aliphatic rings. The average molecular weight is 456 g/mol. The van der Waals surface area contributed by atoms with Crippen molar-refractivity contribution in [1.29, 1.82) is 0 Å². The van der Waals surface area contributed by atoms with E-state index in [4.69, 9.17) is 4.74 Å². The molecule has 178 valence electrons. The number of carbonyl (C=O) groups excluding carboxylic acids is 2. The van der Waals surface area contributed by atoms with E-state index in [-0.39, 0.29) is 18.6 Å². The number of piperidine rings is 1. The number of benzene rings is 1. The van der Waals surface area contributed by atoms with Gasteiger partial charge < -0.3 is 20.1 Å². The zero-order chi connectivity index (χ0) is 23.2. The minimum absolute atomic E-state index is 0.0186. The molecular weight excluding hydrogens is 422 g/mol. The van der Waals surface area contributed by atoms with Gasteiger partial charge in [0, 0.05) is 56.4 Å². The van der Waals surface area contributed by atoms with Gasteiger partial charge in [0.15, 0.2) is 5.69 Å². The molecule has 4 rings (SSSR count). The number of rotatable bonds is 7. The summed E-state index contributed by atoms with van der Waals surface area (Å²) < 4.78 is 6.91. The maximum Gasteiger partial charge on any atom is 0.409 e. The number of nitrogens with zero attached hydrogens (tertiary/aromatic N) is 4. The van der Waals surface area contributed by atoms with Gasteiger partial charge in [-0.15, -0.1) is 0 Å². The number of hydrogen-bond donors (Lipinski definition) is 2. The molecule has 1 saturated heterocycles. The first-order valence-electron chi connectivity index (χ1n) is 11.8. The second-order valence-corrected chi connectivity index (χ2v) is 8.53. The van der Waals surface area contributed by atoms with Crippen molar-refractivity contribution >= 4 is 12.0 Å². The van der Waals surface area contributed by atoms with Crippen LogP contribution >= 0.6 is 0 Å². The molecular formula is C24H33N5O4. The lowest BCUT2D eigenvalue weighted by Gasteiger charge is -2.39. The summed E-state index contributed by atoms with van der Waals surface area (Å²) in [5.41, 5.74) is 3.47. The van der Waals surface area contributed by atoms with Crippen LogP contribution in [0.5, 0.6) is 0 Å². The van der Waals surface area contributed by atoms with Gasteiger partial charge in [0.05, 0.1) is 19.8 Å². The first-order chi connectivity index (χ1) is 16.1. The smallest absolute Gasteiger partial charge is 0.409 e. The molecule has 0 bridgehead atoms. The number of ether oxygens (including phenoxy) is 1. The van der Waals surface area contributed by atoms with Crippen LogP contribution in [0.1, 0.15) is 47.1 Å². The summed E-state index contributed by atoms with van der Waals surface area (Å²) in [5, 5.41) is 17.0. The van der Waals surface area contributed by atoms with E-state index in [0.29, 0.717) is 51.1 Å². The fourth-order valence-corrected chi connectivity index (χ4v) is 4.78. The largest absolute Gasteiger partial charge is 0.450 e. The van der Waals surface area contributed by atoms with Gasteiger partial charge in [-0.3, -0.25) is 14.4 Å². The summed E-state index contributed by atoms with van der Waals surface area (Å²) in [4.78, 5) is 29.2. The van der Waals surface area contributed by atoms with Crippen LogP contribution < -0.4 is 5.32 Å². The van der Waals surface area contributed by atoms with Crippen LogP contribution in [-0.2, 0) is 30.8 Å². The molecule has 0 atom stereocenters. The Morgan fingerprint density at radius 1 is 1.18 bits per heavy atom. The Hall–Kier alpha value is -2.91. The normalized spacial score (nSPS) is 17.0. The lowest BCUT2D eigenvalue weighted by molar-refractivity contribution is 0.0699. The molecule has 1 fully saturated rings. The van der Waals surface area contributed by atoms with E-state index in [1.807, 2.05) is 37.3 Å². The number of fused-ring (bicyclic) bond motifs is 1. The molecule has 33 heavy (non-hydrogen) atoms. The van der Waals surface area contributed by atoms with Gasteiger partial charge in [-0.25, -0.2) is 4.79 Å². The number of aliphatic hydroxyl groups excluding tert-OH is 1. The molecule has 0 unspecified atom stereocenters. The number of hydrogen-bond acceptors (Lipinski definition) is 6. The van der Waals surface area contributed by atoms with E-state index in [1.165, 1.54) is 0 Å². The SMILES string of the molecule is CCOC(=O)N1CCC(N2CCc3c(c(C(=O)NCc4ccccc4)nn3CCO)C2)CC1. The molecule has 0 radical (unpaired) electrons. The lowest BCUT2D eigenvalue weighted by Crippen LogP contribution is -2.48. The molecule has 2 aliphatic heterocycles. The van der Waals surface area contributed by atoms with Gasteiger partial charge >= 0.3 is 6.09 Å². The molecule has 1 aromatic carbocycles. The van der Waals surface area contributed by atoms with Crippen molar-refractivity contribution in [2.75, 3.05) is 32.8 Å². The van der Waals surface area contributed by atoms with Crippen molar-refractivity contribution in [3.05, 3.63) is 52.8 Å². The first-order valence-corrected chi connectivity index (χ1v) is 11.8. The Morgan fingerprint density at radius 2 is 1.94 bits per heavy atom. The third-order valence-corrected chi connectivity index (χ3v) is 6.49. The van der Waals surface area contributed by atoms with Crippen LogP contribution in [0.3, 0.4) is 0 Å². The second kappa shape index (κ2) is 10.8. The van der Waals surface area contributed by atoms with Crippen molar-refractivity contribution in [2.45, 2.75) is 51.9 Å². The number of nitrogens with one attached hydrogen (secondary N) is 1. The van der Waals surface area contributed by atoms with Crippen LogP contribution in [0.25, 0.3) is 0 Å². The number of likely N-dealkylation sites (tertiary alicyclic amines) is 1. The number of aliphatic hydroxyl groups is 1. The van der Waals surface area contributed by atoms with E-state index in [1.54, 1.807) is 9.58 Å². The van der Waals surface area contributed by atoms with Crippen molar-refractivity contribution in [3.8, 4) is 0 Å². The molecule has 2 aromatic rings. The molecule has 0 saturated carbocycles. The highest BCUT2D eigenvalue weighted by atomic mass is 16.6. The quantitative estimate of drug-likeness (QED) is 0.660. The van der Waals surface area contributed by atoms with Gasteiger partial charge in [-0.1, -0.05) is 30.3 Å². The van der Waals surface area contributed by atoms with Gasteiger partial charge in [0.2, 0.25) is 0 Å². The Labute approximate surface area is 194 Å². The predicted molar refractivity (Wildman–Crippen MR) is 123 cm³/mol. The molecule has 2 amide bonds. The zero-order valence-corrected chi connectivity index (χ0v) is 19.2. The predicted octanol–water partition coefficient (Wildman–Crippen LogP) is 1.78. The van der Waals surface area contributed by atoms with Crippen molar-refractivity contribution in [1.82, 2.24) is 24.9 Å². The van der Waals surface area contributed by atoms with Crippen LogP contribution in [0.4, 0.5) is 4.79 Å². The standard InChI is InChI=1S/C24H33N5O4/c1-2-33-24(32)27-11-8-19(9-12-27)28-13-10-21-20(17-28)22(26-29(21)14-15-30)23(31)25-16-18-6-4-3-5-7-18/h3-7,19,30H,2,8-17H2,1H3,(H,25,31). The van der Waals surface area contributed by atoms with Crippen LogP contribution in [-0.4, -0.2) is 75.6 Å². The number of carbonyl (C=O) groups is 2. The van der Waals surface area contributed by atoms with Crippen molar-refractivity contribution < 1.29 is 19.4 Å². The molecule has 0 aliphatic carbocycles. The van der Waals surface area contributed by atoms with Gasteiger partial charge in [0.25, 0.3) is 5.91 Å². The van der Waals surface area contributed by atoms with Crippen molar-refractivity contribution in [2.24, 2.45) is 0 Å². The van der Waals surface area contributed by atoms with E-state index >= 15 is 0 Å². The van der Waals surface area contributed by atoms with Crippen LogP contribution in [0.15, 0.2) is 30.3 Å². The highest BCUT2D eigenvalue weighted by molar-refractivity contribution is 5.94. The molecule has 0 spiro atoms. The summed E-state index contributed by atoms with van der Waals surface area (Å²) in [6.07, 6.45) is 2.31. The molecule has 9 nitrogen and oxygen atoms in total. The third kappa shape index (κ3) is 5.36. The van der Waals surface area contributed by atoms with E-state index in [9.17, 15) is 14.7 Å². The third-order valence-electron chi connectivity index (χ3n) is 6.49. The fourth-order valence-electron chi connectivity index (χ4n) is 4.78. The fraction of sp³-hybridized carbons (Fsp3) is 0.542. The summed E-state index contributed by atoms with van der Waals surface area (Å²) in [6, 6.07) is 10.2. The minimum atomic E-state index is -0.237. The molecule has 2 N–H and O–H groups in total. The van der Waals surface area contributed by atoms with Gasteiger partial charge in [0.1, 0.15) is 0 Å². The summed E-state index contributed by atoms with van der Waals surface area (Å²) in [5.74, 6) is -0.189.